The second kappa shape index (κ2) is 4.17. The van der Waals surface area contributed by atoms with E-state index in [4.69, 9.17) is 11.6 Å². The summed E-state index contributed by atoms with van der Waals surface area (Å²) in [4.78, 5) is 0. The third-order valence-corrected chi connectivity index (χ3v) is 4.20. The Bertz CT molecular complexity index is 335. The number of rotatable bonds is 1. The van der Waals surface area contributed by atoms with Crippen LogP contribution in [0.5, 0.6) is 0 Å². The van der Waals surface area contributed by atoms with Crippen LogP contribution in [0.1, 0.15) is 26.7 Å². The fourth-order valence-corrected chi connectivity index (χ4v) is 2.75. The van der Waals surface area contributed by atoms with E-state index in [0.717, 1.165) is 31.5 Å². The summed E-state index contributed by atoms with van der Waals surface area (Å²) in [5.74, 6) is 0. The fraction of sp³-hybridized carbons (Fsp3) is 0.692. The maximum Gasteiger partial charge on any atom is 0.0968 e. The minimum Gasteiger partial charge on any atom is -0.385 e. The summed E-state index contributed by atoms with van der Waals surface area (Å²) in [7, 11) is 0. The summed E-state index contributed by atoms with van der Waals surface area (Å²) in [5, 5.41) is 14.3. The van der Waals surface area contributed by atoms with Gasteiger partial charge in [-0.05, 0) is 25.0 Å². The van der Waals surface area contributed by atoms with Crippen LogP contribution in [-0.2, 0) is 0 Å². The standard InChI is InChI=1S/C13H20ClNO/c1-12(2)9-15-8-7-13(12,16)10-3-5-11(14)6-4-10/h3-5,11,15-16H,6-9H2,1-2H3/t11?,13-/m0/s1. The number of alkyl halides is 1. The van der Waals surface area contributed by atoms with E-state index in [1.54, 1.807) is 0 Å². The van der Waals surface area contributed by atoms with Gasteiger partial charge in [0.25, 0.3) is 0 Å². The molecule has 0 bridgehead atoms. The van der Waals surface area contributed by atoms with Crippen LogP contribution in [0.25, 0.3) is 0 Å². The van der Waals surface area contributed by atoms with Crippen molar-refractivity contribution >= 4 is 11.6 Å². The van der Waals surface area contributed by atoms with Crippen molar-refractivity contribution in [2.45, 2.75) is 37.7 Å². The quantitative estimate of drug-likeness (QED) is 0.690. The molecule has 1 saturated heterocycles. The number of aliphatic hydroxyl groups is 1. The van der Waals surface area contributed by atoms with Crippen LogP contribution in [0, 0.1) is 5.41 Å². The van der Waals surface area contributed by atoms with Gasteiger partial charge in [0.2, 0.25) is 0 Å². The van der Waals surface area contributed by atoms with Gasteiger partial charge in [0.15, 0.2) is 0 Å². The zero-order chi connectivity index (χ0) is 11.8. The lowest BCUT2D eigenvalue weighted by atomic mass is 9.66. The Kier molecular flexibility index (Phi) is 3.17. The molecule has 3 heteroatoms. The van der Waals surface area contributed by atoms with Crippen LogP contribution >= 0.6 is 11.6 Å². The van der Waals surface area contributed by atoms with Crippen molar-refractivity contribution in [3.63, 3.8) is 0 Å². The number of hydrogen-bond donors (Lipinski definition) is 2. The Balaban J connectivity index is 2.27. The summed E-state index contributed by atoms with van der Waals surface area (Å²) in [6, 6.07) is 0. The van der Waals surface area contributed by atoms with Crippen molar-refractivity contribution < 1.29 is 5.11 Å². The van der Waals surface area contributed by atoms with Crippen LogP contribution in [0.4, 0.5) is 0 Å². The van der Waals surface area contributed by atoms with Crippen molar-refractivity contribution in [1.29, 1.82) is 0 Å². The van der Waals surface area contributed by atoms with E-state index >= 15 is 0 Å². The molecule has 2 N–H and O–H groups in total. The molecule has 2 nitrogen and oxygen atoms in total. The highest BCUT2D eigenvalue weighted by Gasteiger charge is 2.47. The molecule has 0 radical (unpaired) electrons. The molecule has 0 aromatic carbocycles. The summed E-state index contributed by atoms with van der Waals surface area (Å²) in [5.41, 5.74) is 0.183. The van der Waals surface area contributed by atoms with Gasteiger partial charge in [-0.25, -0.2) is 0 Å². The highest BCUT2D eigenvalue weighted by atomic mass is 35.5. The molecule has 0 aromatic rings. The molecule has 0 aromatic heterocycles. The maximum absolute atomic E-state index is 10.9. The van der Waals surface area contributed by atoms with Crippen LogP contribution in [0.15, 0.2) is 23.8 Å². The molecule has 2 rings (SSSR count). The molecule has 1 fully saturated rings. The highest BCUT2D eigenvalue weighted by molar-refractivity contribution is 6.22. The lowest BCUT2D eigenvalue weighted by molar-refractivity contribution is -0.0541. The summed E-state index contributed by atoms with van der Waals surface area (Å²) >= 11 is 6.01. The Labute approximate surface area is 102 Å². The first-order valence-corrected chi connectivity index (χ1v) is 6.35. The first-order chi connectivity index (χ1) is 7.46. The highest BCUT2D eigenvalue weighted by Crippen LogP contribution is 2.42. The van der Waals surface area contributed by atoms with Gasteiger partial charge in [0.05, 0.1) is 11.0 Å². The van der Waals surface area contributed by atoms with E-state index in [0.29, 0.717) is 0 Å². The monoisotopic (exact) mass is 241 g/mol. The SMILES string of the molecule is CC1(C)CNCC[C@]1(O)C1=CCC(Cl)C=C1. The number of halogens is 1. The zero-order valence-electron chi connectivity index (χ0n) is 9.96. The van der Waals surface area contributed by atoms with Crippen LogP contribution in [-0.4, -0.2) is 29.2 Å². The summed E-state index contributed by atoms with van der Waals surface area (Å²) in [6.45, 7) is 5.94. The van der Waals surface area contributed by atoms with Gasteiger partial charge in [-0.1, -0.05) is 32.1 Å². The molecule has 1 unspecified atom stereocenters. The molecule has 2 aliphatic rings. The third-order valence-electron chi connectivity index (χ3n) is 3.88. The molecule has 1 heterocycles. The van der Waals surface area contributed by atoms with Gasteiger partial charge in [0.1, 0.15) is 0 Å². The van der Waals surface area contributed by atoms with Crippen LogP contribution in [0.3, 0.4) is 0 Å². The zero-order valence-corrected chi connectivity index (χ0v) is 10.7. The topological polar surface area (TPSA) is 32.3 Å². The second-order valence-corrected chi connectivity index (χ2v) is 6.00. The van der Waals surface area contributed by atoms with Crippen LogP contribution < -0.4 is 5.32 Å². The van der Waals surface area contributed by atoms with E-state index in [2.05, 4.69) is 25.2 Å². The van der Waals surface area contributed by atoms with E-state index in [-0.39, 0.29) is 10.8 Å². The van der Waals surface area contributed by atoms with Gasteiger partial charge in [0, 0.05) is 12.0 Å². The smallest absolute Gasteiger partial charge is 0.0968 e. The molecular formula is C13H20ClNO. The Hall–Kier alpha value is -0.310. The van der Waals surface area contributed by atoms with Gasteiger partial charge in [-0.3, -0.25) is 0 Å². The van der Waals surface area contributed by atoms with E-state index in [1.807, 2.05) is 12.2 Å². The van der Waals surface area contributed by atoms with Gasteiger partial charge in [-0.15, -0.1) is 11.6 Å². The molecule has 1 aliphatic heterocycles. The predicted molar refractivity (Wildman–Crippen MR) is 67.7 cm³/mol. The summed E-state index contributed by atoms with van der Waals surface area (Å²) in [6.07, 6.45) is 7.65. The van der Waals surface area contributed by atoms with Crippen molar-refractivity contribution in [3.05, 3.63) is 23.8 Å². The van der Waals surface area contributed by atoms with E-state index < -0.39 is 5.60 Å². The van der Waals surface area contributed by atoms with Crippen molar-refractivity contribution in [1.82, 2.24) is 5.32 Å². The minimum atomic E-state index is -0.716. The van der Waals surface area contributed by atoms with E-state index in [1.165, 1.54) is 0 Å². The fourth-order valence-electron chi connectivity index (χ4n) is 2.59. The summed E-state index contributed by atoms with van der Waals surface area (Å²) < 4.78 is 0. The molecule has 0 saturated carbocycles. The molecule has 0 amide bonds. The molecule has 2 atom stereocenters. The number of hydrogen-bond acceptors (Lipinski definition) is 2. The first-order valence-electron chi connectivity index (χ1n) is 5.92. The molecular weight excluding hydrogens is 222 g/mol. The van der Waals surface area contributed by atoms with Crippen molar-refractivity contribution in [3.8, 4) is 0 Å². The third kappa shape index (κ3) is 1.94. The molecule has 16 heavy (non-hydrogen) atoms. The van der Waals surface area contributed by atoms with Gasteiger partial charge >= 0.3 is 0 Å². The van der Waals surface area contributed by atoms with Crippen molar-refractivity contribution in [2.75, 3.05) is 13.1 Å². The van der Waals surface area contributed by atoms with Crippen molar-refractivity contribution in [2.24, 2.45) is 5.41 Å². The number of piperidine rings is 1. The Morgan fingerprint density at radius 3 is 2.81 bits per heavy atom. The largest absolute Gasteiger partial charge is 0.385 e. The predicted octanol–water partition coefficient (Wildman–Crippen LogP) is 2.23. The minimum absolute atomic E-state index is 0.0807. The second-order valence-electron chi connectivity index (χ2n) is 5.44. The molecule has 90 valence electrons. The van der Waals surface area contributed by atoms with Crippen LogP contribution in [0.2, 0.25) is 0 Å². The van der Waals surface area contributed by atoms with Gasteiger partial charge in [-0.2, -0.15) is 0 Å². The molecule has 1 aliphatic carbocycles. The van der Waals surface area contributed by atoms with E-state index in [9.17, 15) is 5.11 Å². The average molecular weight is 242 g/mol. The maximum atomic E-state index is 10.9. The first kappa shape index (κ1) is 12.2. The Morgan fingerprint density at radius 1 is 1.50 bits per heavy atom. The Morgan fingerprint density at radius 2 is 2.25 bits per heavy atom. The normalized spacial score (nSPS) is 38.2. The number of allylic oxidation sites excluding steroid dienone is 2. The average Bonchev–Trinajstić information content (AvgIpc) is 2.23. The number of nitrogens with one attached hydrogen (secondary N) is 1. The lowest BCUT2D eigenvalue weighted by Gasteiger charge is -2.48. The lowest BCUT2D eigenvalue weighted by Crippen LogP contribution is -2.57. The molecule has 0 spiro atoms. The van der Waals surface area contributed by atoms with Gasteiger partial charge < -0.3 is 10.4 Å².